The molecule has 0 aliphatic heterocycles. The van der Waals surface area contributed by atoms with Crippen molar-refractivity contribution in [3.05, 3.63) is 65.2 Å². The number of nitrogens with one attached hydrogen (secondary N) is 2. The van der Waals surface area contributed by atoms with Gasteiger partial charge in [0.05, 0.1) is 11.7 Å². The van der Waals surface area contributed by atoms with Crippen LogP contribution in [0.4, 0.5) is 14.5 Å². The van der Waals surface area contributed by atoms with Crippen LogP contribution in [0.25, 0.3) is 0 Å². The first-order valence-electron chi connectivity index (χ1n) is 7.64. The molecule has 0 aromatic heterocycles. The molecule has 1 aliphatic rings. The number of rotatable bonds is 4. The fraction of sp³-hybridized carbons (Fsp3) is 0.278. The molecule has 2 aromatic rings. The first-order chi connectivity index (χ1) is 11.0. The third-order valence-corrected chi connectivity index (χ3v) is 4.16. The Balaban J connectivity index is 1.66. The summed E-state index contributed by atoms with van der Waals surface area (Å²) in [5, 5.41) is 5.69. The standard InChI is InChI=1S/C18H18F2N2O/c1-11(18(23)22-17-10-13(19)7-8-15(17)20)21-16-9-6-12-4-2-3-5-14(12)16/h2-5,7-8,10-11,16,21H,6,9H2,1H3,(H,22,23). The average molecular weight is 316 g/mol. The van der Waals surface area contributed by atoms with Gasteiger partial charge in [0.2, 0.25) is 5.91 Å². The minimum absolute atomic E-state index is 0.101. The van der Waals surface area contributed by atoms with Crippen LogP contribution < -0.4 is 10.6 Å². The number of anilines is 1. The van der Waals surface area contributed by atoms with Crippen LogP contribution in [0.15, 0.2) is 42.5 Å². The fourth-order valence-corrected chi connectivity index (χ4v) is 2.94. The molecule has 1 aliphatic carbocycles. The maximum absolute atomic E-state index is 13.6. The molecule has 2 N–H and O–H groups in total. The summed E-state index contributed by atoms with van der Waals surface area (Å²) in [4.78, 5) is 12.2. The Labute approximate surface area is 133 Å². The van der Waals surface area contributed by atoms with Crippen molar-refractivity contribution in [3.63, 3.8) is 0 Å². The monoisotopic (exact) mass is 316 g/mol. The topological polar surface area (TPSA) is 41.1 Å². The van der Waals surface area contributed by atoms with Crippen molar-refractivity contribution in [1.29, 1.82) is 0 Å². The Bertz CT molecular complexity index is 733. The lowest BCUT2D eigenvalue weighted by Gasteiger charge is -2.20. The highest BCUT2D eigenvalue weighted by Crippen LogP contribution is 2.31. The van der Waals surface area contributed by atoms with Crippen LogP contribution in [0.1, 0.15) is 30.5 Å². The number of hydrogen-bond donors (Lipinski definition) is 2. The maximum Gasteiger partial charge on any atom is 0.241 e. The van der Waals surface area contributed by atoms with Gasteiger partial charge in [-0.3, -0.25) is 10.1 Å². The minimum Gasteiger partial charge on any atom is -0.322 e. The molecule has 23 heavy (non-hydrogen) atoms. The van der Waals surface area contributed by atoms with Crippen molar-refractivity contribution in [1.82, 2.24) is 5.32 Å². The second-order valence-electron chi connectivity index (χ2n) is 5.79. The zero-order valence-electron chi connectivity index (χ0n) is 12.8. The molecule has 5 heteroatoms. The largest absolute Gasteiger partial charge is 0.322 e. The number of amides is 1. The minimum atomic E-state index is -0.654. The average Bonchev–Trinajstić information content (AvgIpc) is 2.94. The van der Waals surface area contributed by atoms with Crippen LogP contribution in [-0.2, 0) is 11.2 Å². The van der Waals surface area contributed by atoms with Gasteiger partial charge in [-0.2, -0.15) is 0 Å². The Morgan fingerprint density at radius 2 is 2.00 bits per heavy atom. The highest BCUT2D eigenvalue weighted by atomic mass is 19.1. The summed E-state index contributed by atoms with van der Waals surface area (Å²) in [5.41, 5.74) is 2.34. The van der Waals surface area contributed by atoms with E-state index >= 15 is 0 Å². The van der Waals surface area contributed by atoms with Gasteiger partial charge in [0, 0.05) is 12.1 Å². The Morgan fingerprint density at radius 1 is 1.22 bits per heavy atom. The van der Waals surface area contributed by atoms with E-state index in [1.54, 1.807) is 6.92 Å². The number of aryl methyl sites for hydroxylation is 1. The summed E-state index contributed by atoms with van der Waals surface area (Å²) < 4.78 is 26.8. The van der Waals surface area contributed by atoms with Gasteiger partial charge in [-0.1, -0.05) is 24.3 Å². The van der Waals surface area contributed by atoms with E-state index in [2.05, 4.69) is 22.8 Å². The number of benzene rings is 2. The molecule has 0 fully saturated rings. The van der Waals surface area contributed by atoms with Gasteiger partial charge in [-0.15, -0.1) is 0 Å². The van der Waals surface area contributed by atoms with Crippen molar-refractivity contribution in [2.45, 2.75) is 31.8 Å². The van der Waals surface area contributed by atoms with Crippen LogP contribution >= 0.6 is 0 Å². The smallest absolute Gasteiger partial charge is 0.241 e. The van der Waals surface area contributed by atoms with E-state index in [0.29, 0.717) is 0 Å². The molecule has 0 saturated heterocycles. The second kappa shape index (κ2) is 6.46. The highest BCUT2D eigenvalue weighted by molar-refractivity contribution is 5.94. The lowest BCUT2D eigenvalue weighted by Crippen LogP contribution is -2.39. The molecule has 3 rings (SSSR count). The molecule has 0 bridgehead atoms. The summed E-state index contributed by atoms with van der Waals surface area (Å²) in [7, 11) is 0. The third kappa shape index (κ3) is 3.40. The Hall–Kier alpha value is -2.27. The molecule has 1 amide bonds. The Kier molecular flexibility index (Phi) is 4.39. The van der Waals surface area contributed by atoms with Gasteiger partial charge < -0.3 is 5.32 Å². The maximum atomic E-state index is 13.6. The lowest BCUT2D eigenvalue weighted by molar-refractivity contribution is -0.118. The SMILES string of the molecule is CC(NC1CCc2ccccc21)C(=O)Nc1cc(F)ccc1F. The number of carbonyl (C=O) groups excluding carboxylic acids is 1. The van der Waals surface area contributed by atoms with Crippen LogP contribution in [0.3, 0.4) is 0 Å². The van der Waals surface area contributed by atoms with Crippen molar-refractivity contribution in [2.75, 3.05) is 5.32 Å². The number of fused-ring (bicyclic) bond motifs is 1. The lowest BCUT2D eigenvalue weighted by atomic mass is 10.1. The van der Waals surface area contributed by atoms with E-state index in [1.807, 2.05) is 12.1 Å². The molecular formula is C18H18F2N2O. The number of halogens is 2. The summed E-state index contributed by atoms with van der Waals surface area (Å²) in [6.45, 7) is 1.72. The summed E-state index contributed by atoms with van der Waals surface area (Å²) in [5.74, 6) is -1.64. The van der Waals surface area contributed by atoms with Crippen LogP contribution in [0, 0.1) is 11.6 Å². The molecular weight excluding hydrogens is 298 g/mol. The van der Waals surface area contributed by atoms with Crippen molar-refractivity contribution >= 4 is 11.6 Å². The normalized spacial score (nSPS) is 17.6. The fourth-order valence-electron chi connectivity index (χ4n) is 2.94. The van der Waals surface area contributed by atoms with Gasteiger partial charge in [0.1, 0.15) is 11.6 Å². The van der Waals surface area contributed by atoms with Crippen molar-refractivity contribution in [3.8, 4) is 0 Å². The second-order valence-corrected chi connectivity index (χ2v) is 5.79. The molecule has 0 radical (unpaired) electrons. The first-order valence-corrected chi connectivity index (χ1v) is 7.64. The van der Waals surface area contributed by atoms with Crippen molar-refractivity contribution < 1.29 is 13.6 Å². The molecule has 3 nitrogen and oxygen atoms in total. The number of hydrogen-bond acceptors (Lipinski definition) is 2. The first kappa shape index (κ1) is 15.6. The van der Waals surface area contributed by atoms with Gasteiger partial charge >= 0.3 is 0 Å². The summed E-state index contributed by atoms with van der Waals surface area (Å²) >= 11 is 0. The molecule has 2 aromatic carbocycles. The zero-order chi connectivity index (χ0) is 16.4. The molecule has 0 heterocycles. The molecule has 0 spiro atoms. The zero-order valence-corrected chi connectivity index (χ0v) is 12.8. The van der Waals surface area contributed by atoms with Crippen LogP contribution in [-0.4, -0.2) is 11.9 Å². The van der Waals surface area contributed by atoms with E-state index < -0.39 is 17.7 Å². The van der Waals surface area contributed by atoms with E-state index in [-0.39, 0.29) is 17.6 Å². The molecule has 2 atom stereocenters. The predicted octanol–water partition coefficient (Wildman–Crippen LogP) is 3.57. The highest BCUT2D eigenvalue weighted by Gasteiger charge is 2.25. The molecule has 0 saturated carbocycles. The quantitative estimate of drug-likeness (QED) is 0.905. The van der Waals surface area contributed by atoms with E-state index in [4.69, 9.17) is 0 Å². The van der Waals surface area contributed by atoms with Crippen LogP contribution in [0.5, 0.6) is 0 Å². The van der Waals surface area contributed by atoms with Gasteiger partial charge in [-0.05, 0) is 43.0 Å². The third-order valence-electron chi connectivity index (χ3n) is 4.16. The van der Waals surface area contributed by atoms with E-state index in [0.717, 1.165) is 31.0 Å². The molecule has 120 valence electrons. The number of carbonyl (C=O) groups is 1. The van der Waals surface area contributed by atoms with Crippen molar-refractivity contribution in [2.24, 2.45) is 0 Å². The van der Waals surface area contributed by atoms with E-state index in [9.17, 15) is 13.6 Å². The summed E-state index contributed by atoms with van der Waals surface area (Å²) in [6.07, 6.45) is 1.89. The molecule has 2 unspecified atom stereocenters. The van der Waals surface area contributed by atoms with Gasteiger partial charge in [-0.25, -0.2) is 8.78 Å². The Morgan fingerprint density at radius 3 is 2.83 bits per heavy atom. The summed E-state index contributed by atoms with van der Waals surface area (Å²) in [6, 6.07) is 10.7. The van der Waals surface area contributed by atoms with E-state index in [1.165, 1.54) is 11.1 Å². The van der Waals surface area contributed by atoms with Crippen LogP contribution in [0.2, 0.25) is 0 Å². The van der Waals surface area contributed by atoms with Gasteiger partial charge in [0.15, 0.2) is 0 Å². The predicted molar refractivity (Wildman–Crippen MR) is 85.1 cm³/mol. The van der Waals surface area contributed by atoms with Gasteiger partial charge in [0.25, 0.3) is 0 Å².